The van der Waals surface area contributed by atoms with E-state index < -0.39 is 0 Å². The van der Waals surface area contributed by atoms with Crippen molar-refractivity contribution < 1.29 is 4.74 Å². The van der Waals surface area contributed by atoms with Crippen LogP contribution in [0, 0.1) is 5.92 Å². The summed E-state index contributed by atoms with van der Waals surface area (Å²) in [6.07, 6.45) is 8.65. The molecule has 2 saturated heterocycles. The summed E-state index contributed by atoms with van der Waals surface area (Å²) < 4.78 is 5.88. The Balaban J connectivity index is 1.52. The van der Waals surface area contributed by atoms with Crippen molar-refractivity contribution in [2.75, 3.05) is 13.1 Å². The summed E-state index contributed by atoms with van der Waals surface area (Å²) in [6.45, 7) is 4.03. The number of guanidine groups is 1. The molecule has 3 rings (SSSR count). The Morgan fingerprint density at radius 3 is 2.72 bits per heavy atom. The van der Waals surface area contributed by atoms with E-state index in [2.05, 4.69) is 17.6 Å². The van der Waals surface area contributed by atoms with E-state index in [-0.39, 0.29) is 0 Å². The second kappa shape index (κ2) is 5.47. The lowest BCUT2D eigenvalue weighted by Gasteiger charge is -2.25. The molecule has 0 aromatic rings. The molecule has 2 heterocycles. The first-order valence-electron chi connectivity index (χ1n) is 7.55. The zero-order chi connectivity index (χ0) is 12.4. The van der Waals surface area contributed by atoms with E-state index in [1.54, 1.807) is 0 Å². The fraction of sp³-hybridized carbons (Fsp3) is 0.929. The first kappa shape index (κ1) is 12.3. The van der Waals surface area contributed by atoms with Crippen molar-refractivity contribution in [1.29, 1.82) is 0 Å². The molecule has 3 fully saturated rings. The molecule has 2 N–H and O–H groups in total. The van der Waals surface area contributed by atoms with Crippen molar-refractivity contribution in [3.8, 4) is 0 Å². The van der Waals surface area contributed by atoms with Crippen LogP contribution in [0.25, 0.3) is 0 Å². The Hall–Kier alpha value is -0.770. The third-order valence-electron chi connectivity index (χ3n) is 4.50. The van der Waals surface area contributed by atoms with Crippen LogP contribution in [-0.2, 0) is 4.74 Å². The molecule has 2 bridgehead atoms. The van der Waals surface area contributed by atoms with Gasteiger partial charge in [0.25, 0.3) is 0 Å². The van der Waals surface area contributed by atoms with Crippen molar-refractivity contribution in [2.24, 2.45) is 10.9 Å². The monoisotopic (exact) mass is 251 g/mol. The van der Waals surface area contributed by atoms with Crippen molar-refractivity contribution >= 4 is 5.96 Å². The Morgan fingerprint density at radius 1 is 1.28 bits per heavy atom. The van der Waals surface area contributed by atoms with Gasteiger partial charge in [-0.1, -0.05) is 6.42 Å². The van der Waals surface area contributed by atoms with E-state index in [1.807, 2.05) is 0 Å². The van der Waals surface area contributed by atoms with Gasteiger partial charge >= 0.3 is 0 Å². The molecule has 0 aromatic heterocycles. The summed E-state index contributed by atoms with van der Waals surface area (Å²) in [7, 11) is 0. The van der Waals surface area contributed by atoms with Crippen LogP contribution in [0.2, 0.25) is 0 Å². The highest BCUT2D eigenvalue weighted by Crippen LogP contribution is 2.34. The van der Waals surface area contributed by atoms with Gasteiger partial charge in [0.2, 0.25) is 0 Å². The minimum atomic E-state index is 0.419. The molecule has 2 aliphatic heterocycles. The van der Waals surface area contributed by atoms with E-state index in [9.17, 15) is 0 Å². The molecule has 4 heteroatoms. The molecule has 102 valence electrons. The number of fused-ring (bicyclic) bond motifs is 2. The second-order valence-corrected chi connectivity index (χ2v) is 5.88. The molecule has 1 aliphatic carbocycles. The van der Waals surface area contributed by atoms with Crippen molar-refractivity contribution in [1.82, 2.24) is 10.6 Å². The van der Waals surface area contributed by atoms with E-state index >= 15 is 0 Å². The maximum absolute atomic E-state index is 5.88. The second-order valence-electron chi connectivity index (χ2n) is 5.88. The van der Waals surface area contributed by atoms with Crippen LogP contribution in [0.1, 0.15) is 45.4 Å². The van der Waals surface area contributed by atoms with Crippen molar-refractivity contribution in [3.63, 3.8) is 0 Å². The van der Waals surface area contributed by atoms with Gasteiger partial charge in [-0.3, -0.25) is 4.99 Å². The normalized spacial score (nSPS) is 35.6. The Kier molecular flexibility index (Phi) is 3.73. The van der Waals surface area contributed by atoms with Crippen molar-refractivity contribution in [2.45, 2.75) is 63.7 Å². The van der Waals surface area contributed by atoms with E-state index in [4.69, 9.17) is 9.73 Å². The van der Waals surface area contributed by atoms with Gasteiger partial charge in [-0.15, -0.1) is 0 Å². The van der Waals surface area contributed by atoms with Crippen LogP contribution in [0.15, 0.2) is 4.99 Å². The average molecular weight is 251 g/mol. The Labute approximate surface area is 110 Å². The first-order chi connectivity index (χ1) is 8.85. The van der Waals surface area contributed by atoms with Gasteiger partial charge in [0, 0.05) is 13.1 Å². The number of hydrogen-bond acceptors (Lipinski definition) is 2. The fourth-order valence-electron chi connectivity index (χ4n) is 3.18. The molecular weight excluding hydrogens is 226 g/mol. The molecule has 18 heavy (non-hydrogen) atoms. The Morgan fingerprint density at radius 2 is 2.17 bits per heavy atom. The largest absolute Gasteiger partial charge is 0.373 e. The standard InChI is InChI=1S/C14H25N3O/c1-2-15-14(16-9-10-4-3-5-10)17-12-8-11-6-7-13(12)18-11/h10-13H,2-9H2,1H3,(H2,15,16,17). The SMILES string of the molecule is CCNC(=NCC1CCC1)NC1CC2CCC1O2. The first-order valence-corrected chi connectivity index (χ1v) is 7.55. The van der Waals surface area contributed by atoms with E-state index in [1.165, 1.54) is 32.1 Å². The van der Waals surface area contributed by atoms with Gasteiger partial charge in [-0.25, -0.2) is 0 Å². The molecular formula is C14H25N3O. The smallest absolute Gasteiger partial charge is 0.191 e. The Bertz CT molecular complexity index is 314. The van der Waals surface area contributed by atoms with Crippen LogP contribution in [0.5, 0.6) is 0 Å². The van der Waals surface area contributed by atoms with E-state index in [0.29, 0.717) is 18.2 Å². The highest BCUT2D eigenvalue weighted by Gasteiger charge is 2.41. The number of nitrogens with zero attached hydrogens (tertiary/aromatic N) is 1. The van der Waals surface area contributed by atoms with Gasteiger partial charge in [0.05, 0.1) is 18.2 Å². The predicted octanol–water partition coefficient (Wildman–Crippen LogP) is 1.66. The number of ether oxygens (including phenoxy) is 1. The number of hydrogen-bond donors (Lipinski definition) is 2. The quantitative estimate of drug-likeness (QED) is 0.590. The summed E-state index contributed by atoms with van der Waals surface area (Å²) in [4.78, 5) is 4.72. The molecule has 0 amide bonds. The summed E-state index contributed by atoms with van der Waals surface area (Å²) in [6, 6.07) is 0.475. The fourth-order valence-corrected chi connectivity index (χ4v) is 3.18. The molecule has 0 radical (unpaired) electrons. The molecule has 1 saturated carbocycles. The molecule has 0 spiro atoms. The predicted molar refractivity (Wildman–Crippen MR) is 72.8 cm³/mol. The number of aliphatic imine (C=N–C) groups is 1. The minimum Gasteiger partial charge on any atom is -0.373 e. The van der Waals surface area contributed by atoms with Gasteiger partial charge in [0.15, 0.2) is 5.96 Å². The molecule has 3 unspecified atom stereocenters. The zero-order valence-corrected chi connectivity index (χ0v) is 11.3. The average Bonchev–Trinajstić information content (AvgIpc) is 2.89. The van der Waals surface area contributed by atoms with Gasteiger partial charge in [0.1, 0.15) is 0 Å². The van der Waals surface area contributed by atoms with Crippen LogP contribution in [-0.4, -0.2) is 37.3 Å². The summed E-state index contributed by atoms with van der Waals surface area (Å²) in [5.41, 5.74) is 0. The van der Waals surface area contributed by atoms with E-state index in [0.717, 1.165) is 31.4 Å². The third kappa shape index (κ3) is 2.63. The van der Waals surface area contributed by atoms with Crippen LogP contribution in [0.3, 0.4) is 0 Å². The maximum atomic E-state index is 5.88. The van der Waals surface area contributed by atoms with Gasteiger partial charge in [-0.05, 0) is 44.9 Å². The van der Waals surface area contributed by atoms with Gasteiger partial charge < -0.3 is 15.4 Å². The lowest BCUT2D eigenvalue weighted by molar-refractivity contribution is 0.0992. The number of rotatable bonds is 4. The highest BCUT2D eigenvalue weighted by atomic mass is 16.5. The summed E-state index contributed by atoms with van der Waals surface area (Å²) in [5.74, 6) is 1.82. The highest BCUT2D eigenvalue weighted by molar-refractivity contribution is 5.80. The van der Waals surface area contributed by atoms with Gasteiger partial charge in [-0.2, -0.15) is 0 Å². The minimum absolute atomic E-state index is 0.419. The van der Waals surface area contributed by atoms with Crippen LogP contribution >= 0.6 is 0 Å². The summed E-state index contributed by atoms with van der Waals surface area (Å²) >= 11 is 0. The molecule has 0 aromatic carbocycles. The van der Waals surface area contributed by atoms with Crippen molar-refractivity contribution in [3.05, 3.63) is 0 Å². The lowest BCUT2D eigenvalue weighted by Crippen LogP contribution is -2.47. The zero-order valence-electron chi connectivity index (χ0n) is 11.3. The molecule has 3 atom stereocenters. The molecule has 4 nitrogen and oxygen atoms in total. The maximum Gasteiger partial charge on any atom is 0.191 e. The summed E-state index contributed by atoms with van der Waals surface area (Å²) in [5, 5.41) is 6.92. The molecule has 3 aliphatic rings. The number of nitrogens with one attached hydrogen (secondary N) is 2. The third-order valence-corrected chi connectivity index (χ3v) is 4.50. The topological polar surface area (TPSA) is 45.7 Å². The lowest BCUT2D eigenvalue weighted by atomic mass is 9.86. The van der Waals surface area contributed by atoms with Crippen LogP contribution in [0.4, 0.5) is 0 Å². The van der Waals surface area contributed by atoms with Crippen LogP contribution < -0.4 is 10.6 Å².